The Balaban J connectivity index is 1.91. The number of hydrogen-bond donors (Lipinski definition) is 2. The Kier molecular flexibility index (Phi) is 7.58. The normalized spacial score (nSPS) is 12.0. The number of nitrogens with zero attached hydrogens (tertiary/aromatic N) is 2. The van der Waals surface area contributed by atoms with Crippen molar-refractivity contribution >= 4 is 22.3 Å². The number of likely N-dealkylation sites (N-methyl/N-ethyl adjacent to an activating group) is 1. The SMILES string of the molecule is CCC(=Nc1ccc(CCN(CC)CC)cc1)c1c(O)[nH]c2cc(OC)c(OC)cc12. The van der Waals surface area contributed by atoms with Gasteiger partial charge in [-0.2, -0.15) is 0 Å². The highest BCUT2D eigenvalue weighted by Gasteiger charge is 2.18. The van der Waals surface area contributed by atoms with Crippen molar-refractivity contribution in [1.82, 2.24) is 9.88 Å². The minimum absolute atomic E-state index is 0.0988. The highest BCUT2D eigenvalue weighted by molar-refractivity contribution is 6.14. The van der Waals surface area contributed by atoms with Crippen LogP contribution in [0.2, 0.25) is 0 Å². The first-order chi connectivity index (χ1) is 15.0. The zero-order chi connectivity index (χ0) is 22.4. The fourth-order valence-corrected chi connectivity index (χ4v) is 3.83. The molecule has 0 saturated heterocycles. The van der Waals surface area contributed by atoms with E-state index in [-0.39, 0.29) is 5.88 Å². The number of ether oxygens (including phenoxy) is 2. The number of aromatic nitrogens is 1. The summed E-state index contributed by atoms with van der Waals surface area (Å²) in [5.41, 5.74) is 4.46. The number of methoxy groups -OCH3 is 2. The molecule has 0 fully saturated rings. The molecular weight excluding hydrogens is 390 g/mol. The maximum absolute atomic E-state index is 10.6. The van der Waals surface area contributed by atoms with Crippen LogP contribution in [0, 0.1) is 0 Å². The molecule has 3 rings (SSSR count). The Labute approximate surface area is 184 Å². The minimum Gasteiger partial charge on any atom is -0.494 e. The van der Waals surface area contributed by atoms with Gasteiger partial charge in [-0.05, 0) is 49.7 Å². The lowest BCUT2D eigenvalue weighted by Crippen LogP contribution is -2.25. The molecule has 1 aromatic heterocycles. The zero-order valence-corrected chi connectivity index (χ0v) is 19.2. The average molecular weight is 424 g/mol. The second-order valence-corrected chi connectivity index (χ2v) is 7.46. The van der Waals surface area contributed by atoms with Gasteiger partial charge in [0.25, 0.3) is 0 Å². The topological polar surface area (TPSA) is 70.1 Å². The Hall–Kier alpha value is -2.99. The summed E-state index contributed by atoms with van der Waals surface area (Å²) in [6, 6.07) is 12.1. The van der Waals surface area contributed by atoms with Crippen LogP contribution >= 0.6 is 0 Å². The molecule has 2 aromatic carbocycles. The van der Waals surface area contributed by atoms with Crippen molar-refractivity contribution in [2.75, 3.05) is 33.9 Å². The number of nitrogens with one attached hydrogen (secondary N) is 1. The van der Waals surface area contributed by atoms with Crippen LogP contribution in [-0.2, 0) is 6.42 Å². The van der Waals surface area contributed by atoms with E-state index < -0.39 is 0 Å². The standard InChI is InChI=1S/C25H33N3O3/c1-6-20(26-18-11-9-17(10-12-18)13-14-28(7-2)8-3)24-19-15-22(30-4)23(31-5)16-21(19)27-25(24)29/h9-12,15-16,27,29H,6-8,13-14H2,1-5H3. The Morgan fingerprint density at radius 2 is 1.65 bits per heavy atom. The molecule has 2 N–H and O–H groups in total. The van der Waals surface area contributed by atoms with E-state index in [1.807, 2.05) is 31.2 Å². The third-order valence-electron chi connectivity index (χ3n) is 5.72. The number of aromatic amines is 1. The fourth-order valence-electron chi connectivity index (χ4n) is 3.83. The highest BCUT2D eigenvalue weighted by Crippen LogP contribution is 2.37. The van der Waals surface area contributed by atoms with Gasteiger partial charge in [-0.1, -0.05) is 32.9 Å². The van der Waals surface area contributed by atoms with E-state index in [1.165, 1.54) is 5.56 Å². The number of hydrogen-bond acceptors (Lipinski definition) is 5. The van der Waals surface area contributed by atoms with Gasteiger partial charge in [-0.15, -0.1) is 0 Å². The monoisotopic (exact) mass is 423 g/mol. The Morgan fingerprint density at radius 1 is 1.00 bits per heavy atom. The first kappa shape index (κ1) is 22.7. The van der Waals surface area contributed by atoms with Gasteiger partial charge in [0.1, 0.15) is 0 Å². The number of fused-ring (bicyclic) bond motifs is 1. The third-order valence-corrected chi connectivity index (χ3v) is 5.72. The molecule has 31 heavy (non-hydrogen) atoms. The first-order valence-corrected chi connectivity index (χ1v) is 10.9. The number of H-pyrrole nitrogens is 1. The zero-order valence-electron chi connectivity index (χ0n) is 19.2. The van der Waals surface area contributed by atoms with Gasteiger partial charge >= 0.3 is 0 Å². The van der Waals surface area contributed by atoms with Gasteiger partial charge in [-0.3, -0.25) is 4.99 Å². The van der Waals surface area contributed by atoms with Gasteiger partial charge in [0.2, 0.25) is 0 Å². The molecule has 0 bridgehead atoms. The molecular formula is C25H33N3O3. The summed E-state index contributed by atoms with van der Waals surface area (Å²) < 4.78 is 10.8. The van der Waals surface area contributed by atoms with E-state index in [9.17, 15) is 5.11 Å². The molecule has 0 amide bonds. The van der Waals surface area contributed by atoms with Gasteiger partial charge < -0.3 is 24.5 Å². The van der Waals surface area contributed by atoms with E-state index in [2.05, 4.69) is 35.9 Å². The van der Waals surface area contributed by atoms with Gasteiger partial charge in [0.15, 0.2) is 17.4 Å². The van der Waals surface area contributed by atoms with Crippen LogP contribution < -0.4 is 9.47 Å². The molecule has 0 aliphatic rings. The summed E-state index contributed by atoms with van der Waals surface area (Å²) in [4.78, 5) is 10.3. The predicted octanol–water partition coefficient (Wildman–Crippen LogP) is 5.31. The second-order valence-electron chi connectivity index (χ2n) is 7.46. The van der Waals surface area contributed by atoms with E-state index in [0.29, 0.717) is 23.5 Å². The lowest BCUT2D eigenvalue weighted by molar-refractivity contribution is 0.308. The highest BCUT2D eigenvalue weighted by atomic mass is 16.5. The Morgan fingerprint density at radius 3 is 2.23 bits per heavy atom. The van der Waals surface area contributed by atoms with Gasteiger partial charge in [0, 0.05) is 18.0 Å². The summed E-state index contributed by atoms with van der Waals surface area (Å²) in [6.07, 6.45) is 1.70. The van der Waals surface area contributed by atoms with Crippen molar-refractivity contribution in [3.8, 4) is 17.4 Å². The maximum Gasteiger partial charge on any atom is 0.198 e. The summed E-state index contributed by atoms with van der Waals surface area (Å²) in [5.74, 6) is 1.32. The molecule has 166 valence electrons. The summed E-state index contributed by atoms with van der Waals surface area (Å²) in [5, 5.41) is 11.5. The van der Waals surface area contributed by atoms with Crippen molar-refractivity contribution in [2.24, 2.45) is 4.99 Å². The molecule has 3 aromatic rings. The second kappa shape index (κ2) is 10.4. The molecule has 0 saturated carbocycles. The van der Waals surface area contributed by atoms with Crippen LogP contribution in [-0.4, -0.2) is 54.6 Å². The van der Waals surface area contributed by atoms with E-state index in [1.54, 1.807) is 14.2 Å². The van der Waals surface area contributed by atoms with Crippen LogP contribution in [0.4, 0.5) is 5.69 Å². The lowest BCUT2D eigenvalue weighted by atomic mass is 10.0. The van der Waals surface area contributed by atoms with E-state index >= 15 is 0 Å². The third kappa shape index (κ3) is 5.02. The Bertz CT molecular complexity index is 1030. The molecule has 0 aliphatic heterocycles. The van der Waals surface area contributed by atoms with Crippen LogP contribution in [0.5, 0.6) is 17.4 Å². The molecule has 0 atom stereocenters. The van der Waals surface area contributed by atoms with Crippen LogP contribution in [0.1, 0.15) is 38.3 Å². The smallest absolute Gasteiger partial charge is 0.198 e. The van der Waals surface area contributed by atoms with Crippen molar-refractivity contribution in [3.63, 3.8) is 0 Å². The molecule has 0 unspecified atom stereocenters. The quantitative estimate of drug-likeness (QED) is 0.434. The summed E-state index contributed by atoms with van der Waals surface area (Å²) >= 11 is 0. The van der Waals surface area contributed by atoms with Crippen molar-refractivity contribution in [2.45, 2.75) is 33.6 Å². The van der Waals surface area contributed by atoms with E-state index in [4.69, 9.17) is 14.5 Å². The number of aromatic hydroxyl groups is 1. The molecule has 6 nitrogen and oxygen atoms in total. The molecule has 6 heteroatoms. The number of aliphatic imine (C=N–C) groups is 1. The van der Waals surface area contributed by atoms with Crippen LogP contribution in [0.3, 0.4) is 0 Å². The van der Waals surface area contributed by atoms with Crippen molar-refractivity contribution in [3.05, 3.63) is 47.5 Å². The predicted molar refractivity (Wildman–Crippen MR) is 127 cm³/mol. The van der Waals surface area contributed by atoms with Crippen molar-refractivity contribution < 1.29 is 14.6 Å². The van der Waals surface area contributed by atoms with E-state index in [0.717, 1.165) is 48.4 Å². The largest absolute Gasteiger partial charge is 0.494 e. The van der Waals surface area contributed by atoms with Gasteiger partial charge in [0.05, 0.1) is 36.7 Å². The molecule has 0 aliphatic carbocycles. The summed E-state index contributed by atoms with van der Waals surface area (Å²) in [7, 11) is 3.20. The molecule has 0 radical (unpaired) electrons. The van der Waals surface area contributed by atoms with Crippen molar-refractivity contribution in [1.29, 1.82) is 0 Å². The van der Waals surface area contributed by atoms with Crippen LogP contribution in [0.15, 0.2) is 41.4 Å². The number of rotatable bonds is 10. The average Bonchev–Trinajstić information content (AvgIpc) is 3.12. The van der Waals surface area contributed by atoms with Gasteiger partial charge in [-0.25, -0.2) is 0 Å². The molecule has 0 spiro atoms. The first-order valence-electron chi connectivity index (χ1n) is 10.9. The molecule has 1 heterocycles. The number of benzene rings is 2. The lowest BCUT2D eigenvalue weighted by Gasteiger charge is -2.17. The fraction of sp³-hybridized carbons (Fsp3) is 0.400. The van der Waals surface area contributed by atoms with Crippen LogP contribution in [0.25, 0.3) is 10.9 Å². The maximum atomic E-state index is 10.6. The minimum atomic E-state index is 0.0988. The summed E-state index contributed by atoms with van der Waals surface area (Å²) in [6.45, 7) is 9.63.